The van der Waals surface area contributed by atoms with E-state index in [0.717, 1.165) is 5.56 Å². The molecule has 2 rings (SSSR count). The van der Waals surface area contributed by atoms with Crippen molar-refractivity contribution in [2.75, 3.05) is 7.11 Å². The van der Waals surface area contributed by atoms with Crippen LogP contribution in [0, 0.1) is 0 Å². The lowest BCUT2D eigenvalue weighted by atomic mass is 10.1. The lowest BCUT2D eigenvalue weighted by Gasteiger charge is -2.09. The number of carbonyl (C=O) groups excluding carboxylic acids is 1. The van der Waals surface area contributed by atoms with Crippen LogP contribution in [0.2, 0.25) is 0 Å². The normalized spacial score (nSPS) is 13.5. The standard InChI is InChI=1S/C10H8NO2/c1-13-8-4-2-7-3-5-10(12)11-9(7)6-8/h2-6H,1H3. The summed E-state index contributed by atoms with van der Waals surface area (Å²) in [6, 6.07) is 5.46. The molecule has 0 N–H and O–H groups in total. The second-order valence-electron chi connectivity index (χ2n) is 2.71. The van der Waals surface area contributed by atoms with Crippen molar-refractivity contribution < 1.29 is 9.53 Å². The highest BCUT2D eigenvalue weighted by atomic mass is 16.5. The molecule has 1 aliphatic heterocycles. The molecule has 0 aliphatic carbocycles. The molecule has 0 atom stereocenters. The smallest absolute Gasteiger partial charge is 0.270 e. The molecule has 65 valence electrons. The zero-order valence-corrected chi connectivity index (χ0v) is 7.15. The fourth-order valence-corrected chi connectivity index (χ4v) is 1.21. The van der Waals surface area contributed by atoms with Gasteiger partial charge in [0.1, 0.15) is 5.75 Å². The molecule has 0 bridgehead atoms. The second-order valence-corrected chi connectivity index (χ2v) is 2.71. The highest BCUT2D eigenvalue weighted by molar-refractivity contribution is 5.99. The molecule has 0 fully saturated rings. The Labute approximate surface area is 76.0 Å². The minimum atomic E-state index is -0.222. The molecule has 0 spiro atoms. The summed E-state index contributed by atoms with van der Waals surface area (Å²) in [6.45, 7) is 0. The number of fused-ring (bicyclic) bond motifs is 1. The minimum absolute atomic E-state index is 0.222. The van der Waals surface area contributed by atoms with Gasteiger partial charge in [0.15, 0.2) is 0 Å². The SMILES string of the molecule is COc1ccc2c(c1)[N]C(=O)C=C2. The van der Waals surface area contributed by atoms with Crippen LogP contribution in [0.5, 0.6) is 5.75 Å². The van der Waals surface area contributed by atoms with Gasteiger partial charge in [0.05, 0.1) is 12.8 Å². The van der Waals surface area contributed by atoms with Crippen LogP contribution in [0.25, 0.3) is 6.08 Å². The lowest BCUT2D eigenvalue weighted by Crippen LogP contribution is -2.11. The van der Waals surface area contributed by atoms with E-state index in [1.165, 1.54) is 6.08 Å². The van der Waals surface area contributed by atoms with Crippen molar-refractivity contribution in [3.8, 4) is 5.75 Å². The predicted molar refractivity (Wildman–Crippen MR) is 48.8 cm³/mol. The quantitative estimate of drug-likeness (QED) is 0.647. The van der Waals surface area contributed by atoms with Gasteiger partial charge in [-0.05, 0) is 18.2 Å². The first-order chi connectivity index (χ1) is 6.29. The molecule has 1 aromatic rings. The van der Waals surface area contributed by atoms with Crippen molar-refractivity contribution in [2.45, 2.75) is 0 Å². The van der Waals surface area contributed by atoms with Gasteiger partial charge in [-0.2, -0.15) is 0 Å². The Morgan fingerprint density at radius 2 is 2.15 bits per heavy atom. The molecule has 1 aromatic carbocycles. The zero-order chi connectivity index (χ0) is 9.26. The van der Waals surface area contributed by atoms with Gasteiger partial charge in [-0.3, -0.25) is 4.79 Å². The van der Waals surface area contributed by atoms with Gasteiger partial charge in [-0.25, -0.2) is 5.32 Å². The van der Waals surface area contributed by atoms with E-state index in [0.29, 0.717) is 11.4 Å². The van der Waals surface area contributed by atoms with Gasteiger partial charge in [0.2, 0.25) is 0 Å². The highest BCUT2D eigenvalue weighted by Gasteiger charge is 2.11. The Hall–Kier alpha value is -1.77. The van der Waals surface area contributed by atoms with E-state index in [1.54, 1.807) is 19.3 Å². The number of carbonyl (C=O) groups is 1. The number of amides is 1. The van der Waals surface area contributed by atoms with Gasteiger partial charge in [0, 0.05) is 17.7 Å². The van der Waals surface area contributed by atoms with E-state index in [4.69, 9.17) is 4.74 Å². The van der Waals surface area contributed by atoms with E-state index in [1.807, 2.05) is 12.1 Å². The van der Waals surface area contributed by atoms with Crippen LogP contribution in [0.4, 0.5) is 5.69 Å². The molecular weight excluding hydrogens is 166 g/mol. The number of hydrogen-bond acceptors (Lipinski definition) is 2. The summed E-state index contributed by atoms with van der Waals surface area (Å²) >= 11 is 0. The van der Waals surface area contributed by atoms with E-state index in [9.17, 15) is 4.79 Å². The van der Waals surface area contributed by atoms with E-state index in [2.05, 4.69) is 5.32 Å². The van der Waals surface area contributed by atoms with E-state index < -0.39 is 0 Å². The Kier molecular flexibility index (Phi) is 1.77. The van der Waals surface area contributed by atoms with Crippen LogP contribution in [-0.2, 0) is 4.79 Å². The van der Waals surface area contributed by atoms with Crippen molar-refractivity contribution in [3.05, 3.63) is 29.8 Å². The van der Waals surface area contributed by atoms with Gasteiger partial charge in [0.25, 0.3) is 5.91 Å². The summed E-state index contributed by atoms with van der Waals surface area (Å²) in [4.78, 5) is 10.9. The largest absolute Gasteiger partial charge is 0.497 e. The van der Waals surface area contributed by atoms with Crippen LogP contribution in [-0.4, -0.2) is 13.0 Å². The molecule has 0 aromatic heterocycles. The summed E-state index contributed by atoms with van der Waals surface area (Å²) in [5, 5.41) is 3.85. The third-order valence-corrected chi connectivity index (χ3v) is 1.87. The van der Waals surface area contributed by atoms with Crippen LogP contribution in [0.1, 0.15) is 5.56 Å². The van der Waals surface area contributed by atoms with Gasteiger partial charge >= 0.3 is 0 Å². The average molecular weight is 174 g/mol. The number of rotatable bonds is 1. The Morgan fingerprint density at radius 1 is 1.31 bits per heavy atom. The molecule has 0 saturated carbocycles. The van der Waals surface area contributed by atoms with Crippen LogP contribution < -0.4 is 10.1 Å². The Bertz CT molecular complexity index is 383. The topological polar surface area (TPSA) is 40.4 Å². The summed E-state index contributed by atoms with van der Waals surface area (Å²) in [5.74, 6) is 0.492. The molecule has 3 nitrogen and oxygen atoms in total. The maximum atomic E-state index is 10.9. The number of nitrogens with zero attached hydrogens (tertiary/aromatic N) is 1. The van der Waals surface area contributed by atoms with Crippen LogP contribution >= 0.6 is 0 Å². The van der Waals surface area contributed by atoms with Gasteiger partial charge in [-0.15, -0.1) is 0 Å². The molecule has 3 heteroatoms. The van der Waals surface area contributed by atoms with E-state index >= 15 is 0 Å². The first-order valence-electron chi connectivity index (χ1n) is 3.91. The molecular formula is C10H8NO2. The van der Waals surface area contributed by atoms with E-state index in [-0.39, 0.29) is 5.91 Å². The van der Waals surface area contributed by atoms with Crippen molar-refractivity contribution >= 4 is 17.7 Å². The third-order valence-electron chi connectivity index (χ3n) is 1.87. The second kappa shape index (κ2) is 2.94. The van der Waals surface area contributed by atoms with Gasteiger partial charge < -0.3 is 4.74 Å². The molecule has 0 unspecified atom stereocenters. The molecule has 13 heavy (non-hydrogen) atoms. The van der Waals surface area contributed by atoms with Crippen molar-refractivity contribution in [3.63, 3.8) is 0 Å². The third kappa shape index (κ3) is 1.40. The number of benzene rings is 1. The number of ether oxygens (including phenoxy) is 1. The fourth-order valence-electron chi connectivity index (χ4n) is 1.21. The summed E-state index contributed by atoms with van der Waals surface area (Å²) in [6.07, 6.45) is 3.21. The van der Waals surface area contributed by atoms with Gasteiger partial charge in [-0.1, -0.05) is 0 Å². The number of hydrogen-bond donors (Lipinski definition) is 0. The fraction of sp³-hybridized carbons (Fsp3) is 0.100. The molecule has 1 heterocycles. The minimum Gasteiger partial charge on any atom is -0.497 e. The lowest BCUT2D eigenvalue weighted by molar-refractivity contribution is -0.115. The number of methoxy groups -OCH3 is 1. The molecule has 0 saturated heterocycles. The molecule has 1 aliphatic rings. The summed E-state index contributed by atoms with van der Waals surface area (Å²) in [7, 11) is 1.59. The maximum absolute atomic E-state index is 10.9. The first-order valence-corrected chi connectivity index (χ1v) is 3.91. The Morgan fingerprint density at radius 3 is 2.92 bits per heavy atom. The molecule has 1 amide bonds. The van der Waals surface area contributed by atoms with Crippen molar-refractivity contribution in [1.82, 2.24) is 5.32 Å². The van der Waals surface area contributed by atoms with Crippen LogP contribution in [0.3, 0.4) is 0 Å². The summed E-state index contributed by atoms with van der Waals surface area (Å²) < 4.78 is 5.02. The Balaban J connectivity index is 2.46. The predicted octanol–water partition coefficient (Wildman–Crippen LogP) is 1.48. The zero-order valence-electron chi connectivity index (χ0n) is 7.15. The molecule has 1 radical (unpaired) electrons. The monoisotopic (exact) mass is 174 g/mol. The maximum Gasteiger partial charge on any atom is 0.270 e. The van der Waals surface area contributed by atoms with Crippen molar-refractivity contribution in [1.29, 1.82) is 0 Å². The average Bonchev–Trinajstić information content (AvgIpc) is 2.16. The van der Waals surface area contributed by atoms with Crippen LogP contribution in [0.15, 0.2) is 24.3 Å². The first kappa shape index (κ1) is 7.86. The summed E-state index contributed by atoms with van der Waals surface area (Å²) in [5.41, 5.74) is 1.62. The highest BCUT2D eigenvalue weighted by Crippen LogP contribution is 2.25. The van der Waals surface area contributed by atoms with Crippen molar-refractivity contribution in [2.24, 2.45) is 0 Å².